The number of rotatable bonds is 8. The van der Waals surface area contributed by atoms with Crippen LogP contribution in [-0.4, -0.2) is 40.7 Å². The number of halogens is 2. The van der Waals surface area contributed by atoms with E-state index in [-0.39, 0.29) is 30.2 Å². The summed E-state index contributed by atoms with van der Waals surface area (Å²) < 4.78 is 38.8. The number of pyridine rings is 1. The third kappa shape index (κ3) is 5.65. The second-order valence-electron chi connectivity index (χ2n) is 7.74. The van der Waals surface area contributed by atoms with E-state index in [0.29, 0.717) is 22.2 Å². The number of ether oxygens (including phenoxy) is 2. The second-order valence-corrected chi connectivity index (χ2v) is 7.74. The van der Waals surface area contributed by atoms with E-state index in [1.807, 2.05) is 0 Å². The first-order chi connectivity index (χ1) is 17.4. The van der Waals surface area contributed by atoms with E-state index in [2.05, 4.69) is 20.6 Å². The Bertz CT molecular complexity index is 1390. The number of urea groups is 1. The van der Waals surface area contributed by atoms with Crippen molar-refractivity contribution in [3.8, 4) is 11.5 Å². The van der Waals surface area contributed by atoms with Gasteiger partial charge in [0, 0.05) is 36.8 Å². The summed E-state index contributed by atoms with van der Waals surface area (Å²) in [6, 6.07) is 9.78. The number of amides is 3. The number of aromatic nitrogens is 2. The SMILES string of the molecule is COC(CO)c1c[nH]c2nccc(Oc3ccc(NC(=O)NC(=O)Cc4ccc(F)cc4)cc3F)c12. The maximum absolute atomic E-state index is 14.8. The van der Waals surface area contributed by atoms with Crippen molar-refractivity contribution >= 4 is 28.7 Å². The van der Waals surface area contributed by atoms with Gasteiger partial charge >= 0.3 is 6.03 Å². The molecule has 3 amide bonds. The van der Waals surface area contributed by atoms with E-state index < -0.39 is 29.7 Å². The van der Waals surface area contributed by atoms with Crippen LogP contribution in [0.4, 0.5) is 19.3 Å². The number of methoxy groups -OCH3 is 1. The van der Waals surface area contributed by atoms with Crippen molar-refractivity contribution in [1.29, 1.82) is 0 Å². The number of benzene rings is 2. The summed E-state index contributed by atoms with van der Waals surface area (Å²) in [5.41, 5.74) is 1.69. The van der Waals surface area contributed by atoms with Gasteiger partial charge in [0.05, 0.1) is 18.4 Å². The molecule has 0 saturated heterocycles. The number of anilines is 1. The number of nitrogens with one attached hydrogen (secondary N) is 3. The van der Waals surface area contributed by atoms with Gasteiger partial charge in [-0.1, -0.05) is 12.1 Å². The summed E-state index contributed by atoms with van der Waals surface area (Å²) >= 11 is 0. The Morgan fingerprint density at radius 2 is 1.89 bits per heavy atom. The maximum Gasteiger partial charge on any atom is 0.325 e. The Balaban J connectivity index is 1.44. The molecular weight excluding hydrogens is 474 g/mol. The molecular formula is C25H22F2N4O5. The molecule has 2 heterocycles. The van der Waals surface area contributed by atoms with Crippen LogP contribution in [-0.2, 0) is 16.0 Å². The van der Waals surface area contributed by atoms with Crippen LogP contribution in [0.15, 0.2) is 60.9 Å². The summed E-state index contributed by atoms with van der Waals surface area (Å²) in [6.45, 7) is -0.277. The lowest BCUT2D eigenvalue weighted by Crippen LogP contribution is -2.35. The zero-order valence-electron chi connectivity index (χ0n) is 19.0. The third-order valence-electron chi connectivity index (χ3n) is 5.30. The van der Waals surface area contributed by atoms with Crippen LogP contribution in [0.25, 0.3) is 11.0 Å². The zero-order chi connectivity index (χ0) is 25.7. The maximum atomic E-state index is 14.8. The van der Waals surface area contributed by atoms with Crippen molar-refractivity contribution in [2.75, 3.05) is 19.0 Å². The topological polar surface area (TPSA) is 126 Å². The fourth-order valence-electron chi connectivity index (χ4n) is 3.59. The van der Waals surface area contributed by atoms with Gasteiger partial charge in [-0.2, -0.15) is 0 Å². The highest BCUT2D eigenvalue weighted by Crippen LogP contribution is 2.36. The Morgan fingerprint density at radius 3 is 2.58 bits per heavy atom. The molecule has 186 valence electrons. The summed E-state index contributed by atoms with van der Waals surface area (Å²) in [5, 5.41) is 14.6. The van der Waals surface area contributed by atoms with Crippen LogP contribution in [0.5, 0.6) is 11.5 Å². The van der Waals surface area contributed by atoms with Gasteiger partial charge < -0.3 is 24.9 Å². The molecule has 0 radical (unpaired) electrons. The highest BCUT2D eigenvalue weighted by atomic mass is 19.1. The molecule has 0 spiro atoms. The molecule has 2 aromatic carbocycles. The number of aromatic amines is 1. The van der Waals surface area contributed by atoms with Crippen molar-refractivity contribution in [2.24, 2.45) is 0 Å². The molecule has 4 rings (SSSR count). The monoisotopic (exact) mass is 496 g/mol. The van der Waals surface area contributed by atoms with E-state index in [0.717, 1.165) is 6.07 Å². The molecule has 0 aliphatic rings. The Hall–Kier alpha value is -4.35. The zero-order valence-corrected chi connectivity index (χ0v) is 19.0. The highest BCUT2D eigenvalue weighted by Gasteiger charge is 2.20. The fraction of sp³-hybridized carbons (Fsp3) is 0.160. The fourth-order valence-corrected chi connectivity index (χ4v) is 3.59. The van der Waals surface area contributed by atoms with Gasteiger partial charge in [0.15, 0.2) is 11.6 Å². The van der Waals surface area contributed by atoms with E-state index in [4.69, 9.17) is 9.47 Å². The second kappa shape index (κ2) is 10.9. The van der Waals surface area contributed by atoms with E-state index in [9.17, 15) is 23.5 Å². The smallest absolute Gasteiger partial charge is 0.325 e. The molecule has 11 heteroatoms. The summed E-state index contributed by atoms with van der Waals surface area (Å²) in [4.78, 5) is 31.3. The normalized spacial score (nSPS) is 11.8. The number of aliphatic hydroxyl groups is 1. The van der Waals surface area contributed by atoms with Crippen LogP contribution >= 0.6 is 0 Å². The molecule has 0 bridgehead atoms. The summed E-state index contributed by atoms with van der Waals surface area (Å²) in [5.74, 6) is -1.64. The lowest BCUT2D eigenvalue weighted by atomic mass is 10.1. The predicted molar refractivity (Wildman–Crippen MR) is 127 cm³/mol. The highest BCUT2D eigenvalue weighted by molar-refractivity contribution is 6.01. The van der Waals surface area contributed by atoms with Gasteiger partial charge in [0.25, 0.3) is 0 Å². The predicted octanol–water partition coefficient (Wildman–Crippen LogP) is 4.20. The number of fused-ring (bicyclic) bond motifs is 1. The van der Waals surface area contributed by atoms with Gasteiger partial charge in [-0.15, -0.1) is 0 Å². The molecule has 0 aliphatic heterocycles. The van der Waals surface area contributed by atoms with E-state index in [1.165, 1.54) is 49.7 Å². The van der Waals surface area contributed by atoms with Crippen LogP contribution in [0, 0.1) is 11.6 Å². The van der Waals surface area contributed by atoms with Crippen LogP contribution in [0.2, 0.25) is 0 Å². The van der Waals surface area contributed by atoms with Gasteiger partial charge in [0.2, 0.25) is 5.91 Å². The number of carbonyl (C=O) groups excluding carboxylic acids is 2. The largest absolute Gasteiger partial charge is 0.453 e. The van der Waals surface area contributed by atoms with Gasteiger partial charge in [-0.25, -0.2) is 18.6 Å². The van der Waals surface area contributed by atoms with Crippen molar-refractivity contribution in [3.63, 3.8) is 0 Å². The molecule has 4 aromatic rings. The van der Waals surface area contributed by atoms with Crippen molar-refractivity contribution < 1.29 is 33.0 Å². The average Bonchev–Trinajstić information content (AvgIpc) is 3.28. The minimum absolute atomic E-state index is 0.0915. The molecule has 0 saturated carbocycles. The van der Waals surface area contributed by atoms with Crippen LogP contribution in [0.3, 0.4) is 0 Å². The number of aliphatic hydroxyl groups excluding tert-OH is 1. The lowest BCUT2D eigenvalue weighted by molar-refractivity contribution is -0.119. The van der Waals surface area contributed by atoms with Gasteiger partial charge in [0.1, 0.15) is 23.3 Å². The first-order valence-corrected chi connectivity index (χ1v) is 10.8. The van der Waals surface area contributed by atoms with Crippen molar-refractivity contribution in [1.82, 2.24) is 15.3 Å². The standard InChI is InChI=1S/C25H22F2N4O5/c1-35-21(13-32)17-12-29-24-23(17)20(8-9-28-24)36-19-7-6-16(11-18(19)27)30-25(34)31-22(33)10-14-2-4-15(26)5-3-14/h2-9,11-12,21,32H,10,13H2,1H3,(H,28,29)(H2,30,31,33,34). The summed E-state index contributed by atoms with van der Waals surface area (Å²) in [6.07, 6.45) is 2.36. The van der Waals surface area contributed by atoms with Crippen molar-refractivity contribution in [3.05, 3.63) is 83.7 Å². The van der Waals surface area contributed by atoms with Gasteiger partial charge in [-0.3, -0.25) is 10.1 Å². The number of nitrogens with zero attached hydrogens (tertiary/aromatic N) is 1. The minimum Gasteiger partial charge on any atom is -0.453 e. The third-order valence-corrected chi connectivity index (χ3v) is 5.30. The Morgan fingerprint density at radius 1 is 1.11 bits per heavy atom. The average molecular weight is 496 g/mol. The molecule has 1 atom stereocenters. The number of H-pyrrole nitrogens is 1. The summed E-state index contributed by atoms with van der Waals surface area (Å²) in [7, 11) is 1.45. The molecule has 0 aliphatic carbocycles. The number of imide groups is 1. The van der Waals surface area contributed by atoms with E-state index >= 15 is 0 Å². The van der Waals surface area contributed by atoms with Crippen LogP contribution in [0.1, 0.15) is 17.2 Å². The van der Waals surface area contributed by atoms with Crippen molar-refractivity contribution in [2.45, 2.75) is 12.5 Å². The van der Waals surface area contributed by atoms with Gasteiger partial charge in [-0.05, 0) is 35.9 Å². The minimum atomic E-state index is -0.849. The van der Waals surface area contributed by atoms with E-state index in [1.54, 1.807) is 12.3 Å². The first-order valence-electron chi connectivity index (χ1n) is 10.8. The molecule has 36 heavy (non-hydrogen) atoms. The molecule has 1 unspecified atom stereocenters. The molecule has 2 aromatic heterocycles. The molecule has 4 N–H and O–H groups in total. The Kier molecular flexibility index (Phi) is 7.52. The number of carbonyl (C=O) groups is 2. The Labute approximate surface area is 204 Å². The molecule has 0 fully saturated rings. The van der Waals surface area contributed by atoms with Crippen LogP contribution < -0.4 is 15.4 Å². The quantitative estimate of drug-likeness (QED) is 0.290. The lowest BCUT2D eigenvalue weighted by Gasteiger charge is -2.14. The number of hydrogen-bond donors (Lipinski definition) is 4. The first kappa shape index (κ1) is 24.8. The molecule has 9 nitrogen and oxygen atoms in total. The number of hydrogen-bond acceptors (Lipinski definition) is 6.